The first-order valence-corrected chi connectivity index (χ1v) is 11.7. The van der Waals surface area contributed by atoms with Crippen LogP contribution in [0.25, 0.3) is 0 Å². The van der Waals surface area contributed by atoms with Crippen LogP contribution in [-0.4, -0.2) is 79.7 Å². The van der Waals surface area contributed by atoms with Crippen molar-refractivity contribution in [2.24, 2.45) is 5.92 Å². The smallest absolute Gasteiger partial charge is 0.337 e. The summed E-state index contributed by atoms with van der Waals surface area (Å²) in [5, 5.41) is 0. The molecule has 0 amide bonds. The molecule has 0 saturated carbocycles. The molecule has 4 nitrogen and oxygen atoms in total. The molecule has 1 unspecified atom stereocenters. The number of nitrogens with zero attached hydrogens (tertiary/aromatic N) is 1. The van der Waals surface area contributed by atoms with Gasteiger partial charge in [-0.05, 0) is 35.9 Å². The number of likely N-dealkylation sites (N-methyl/N-ethyl adjacent to an activating group) is 1. The lowest BCUT2D eigenvalue weighted by atomic mass is 10.2. The Morgan fingerprint density at radius 3 is 2.27 bits per heavy atom. The van der Waals surface area contributed by atoms with Crippen LogP contribution in [0, 0.1) is 5.92 Å². The summed E-state index contributed by atoms with van der Waals surface area (Å²) in [5.74, 6) is 2.98. The molecule has 0 radical (unpaired) electrons. The highest BCUT2D eigenvalue weighted by Gasteiger charge is 2.32. The average molecular weight is 353 g/mol. The zero-order valence-electron chi connectivity index (χ0n) is 15.8. The summed E-state index contributed by atoms with van der Waals surface area (Å²) in [7, 11) is 8.30. The molecule has 0 aliphatic heterocycles. The van der Waals surface area contributed by atoms with E-state index in [4.69, 9.17) is 13.6 Å². The molecule has 0 bridgehead atoms. The van der Waals surface area contributed by atoms with Gasteiger partial charge in [0.05, 0.1) is 34.4 Å². The fraction of sp³-hybridized carbons (Fsp3) is 1.00. The number of hydrogen-bond acceptors (Lipinski definition) is 4. The molecule has 0 aliphatic carbocycles. The van der Waals surface area contributed by atoms with Gasteiger partial charge in [0.1, 0.15) is 6.54 Å². The fourth-order valence-electron chi connectivity index (χ4n) is 2.15. The second kappa shape index (κ2) is 11.9. The minimum absolute atomic E-state index is 0.621. The van der Waals surface area contributed by atoms with Gasteiger partial charge in [0.15, 0.2) is 0 Å². The quantitative estimate of drug-likeness (QED) is 0.272. The minimum atomic E-state index is -1.88. The monoisotopic (exact) mass is 352 g/mol. The molecule has 0 fully saturated rings. The van der Waals surface area contributed by atoms with Crippen molar-refractivity contribution >= 4 is 20.3 Å². The molecule has 0 N–H and O–H groups in total. The third kappa shape index (κ3) is 11.0. The molecule has 0 saturated heterocycles. The van der Waals surface area contributed by atoms with E-state index in [9.17, 15) is 0 Å². The van der Waals surface area contributed by atoms with Crippen LogP contribution in [0.2, 0.25) is 12.1 Å². The van der Waals surface area contributed by atoms with Crippen LogP contribution in [0.15, 0.2) is 0 Å². The third-order valence-corrected chi connectivity index (χ3v) is 8.90. The van der Waals surface area contributed by atoms with E-state index in [2.05, 4.69) is 35.0 Å². The van der Waals surface area contributed by atoms with Crippen LogP contribution in [0.5, 0.6) is 0 Å². The highest BCUT2D eigenvalue weighted by molar-refractivity contribution is 7.99. The first-order chi connectivity index (χ1) is 10.3. The van der Waals surface area contributed by atoms with Crippen molar-refractivity contribution in [1.82, 2.24) is 0 Å². The normalized spacial score (nSPS) is 14.3. The molecule has 0 aromatic rings. The Hall–Kier alpha value is 0.407. The number of rotatable bonds is 14. The van der Waals surface area contributed by atoms with Crippen LogP contribution in [0.4, 0.5) is 0 Å². The minimum Gasteiger partial charge on any atom is -0.398 e. The zero-order chi connectivity index (χ0) is 17.1. The maximum absolute atomic E-state index is 5.77. The summed E-state index contributed by atoms with van der Waals surface area (Å²) < 4.78 is 18.0. The maximum atomic E-state index is 5.77. The first kappa shape index (κ1) is 22.4. The SMILES string of the molecule is CC[Si](CCCSCC(C)COCC[N+](C)(C)C)(OC)OC. The lowest BCUT2D eigenvalue weighted by molar-refractivity contribution is -0.870. The Bertz CT molecular complexity index is 262. The molecule has 0 rings (SSSR count). The van der Waals surface area contributed by atoms with Crippen LogP contribution in [0.1, 0.15) is 20.3 Å². The molecule has 0 aromatic carbocycles. The fourth-order valence-corrected chi connectivity index (χ4v) is 5.64. The lowest BCUT2D eigenvalue weighted by Crippen LogP contribution is -2.39. The van der Waals surface area contributed by atoms with Crippen molar-refractivity contribution in [3.8, 4) is 0 Å². The van der Waals surface area contributed by atoms with Gasteiger partial charge >= 0.3 is 8.56 Å². The average Bonchev–Trinajstić information content (AvgIpc) is 2.47. The van der Waals surface area contributed by atoms with Gasteiger partial charge in [0.25, 0.3) is 0 Å². The van der Waals surface area contributed by atoms with Crippen molar-refractivity contribution in [1.29, 1.82) is 0 Å². The first-order valence-electron chi connectivity index (χ1n) is 8.35. The van der Waals surface area contributed by atoms with E-state index in [1.54, 1.807) is 14.2 Å². The summed E-state index contributed by atoms with van der Waals surface area (Å²) in [4.78, 5) is 0. The molecular formula is C16H38NO3SSi+. The standard InChI is InChI=1S/C16H38NO3SSi/c1-8-22(18-6,19-7)13-9-12-21-15-16(2)14-20-11-10-17(3,4)5/h16H,8-15H2,1-7H3/q+1. The topological polar surface area (TPSA) is 27.7 Å². The van der Waals surface area contributed by atoms with E-state index in [1.807, 2.05) is 11.8 Å². The van der Waals surface area contributed by atoms with Crippen LogP contribution >= 0.6 is 11.8 Å². The highest BCUT2D eigenvalue weighted by atomic mass is 32.2. The summed E-state index contributed by atoms with van der Waals surface area (Å²) >= 11 is 2.02. The highest BCUT2D eigenvalue weighted by Crippen LogP contribution is 2.21. The van der Waals surface area contributed by atoms with Crippen molar-refractivity contribution in [2.45, 2.75) is 32.4 Å². The van der Waals surface area contributed by atoms with Gasteiger partial charge in [0.2, 0.25) is 0 Å². The van der Waals surface area contributed by atoms with Crippen molar-refractivity contribution < 1.29 is 18.1 Å². The molecule has 22 heavy (non-hydrogen) atoms. The summed E-state index contributed by atoms with van der Waals surface area (Å²) in [6.07, 6.45) is 1.18. The predicted octanol–water partition coefficient (Wildman–Crippen LogP) is 3.22. The van der Waals surface area contributed by atoms with Crippen LogP contribution < -0.4 is 0 Å². The van der Waals surface area contributed by atoms with Gasteiger partial charge in [-0.2, -0.15) is 11.8 Å². The molecular weight excluding hydrogens is 314 g/mol. The number of hydrogen-bond donors (Lipinski definition) is 0. The number of thioether (sulfide) groups is 1. The van der Waals surface area contributed by atoms with E-state index < -0.39 is 8.56 Å². The molecule has 0 spiro atoms. The molecule has 0 aromatic heterocycles. The Kier molecular flexibility index (Phi) is 12.1. The van der Waals surface area contributed by atoms with Crippen LogP contribution in [-0.2, 0) is 13.6 Å². The largest absolute Gasteiger partial charge is 0.398 e. The van der Waals surface area contributed by atoms with Crippen molar-refractivity contribution in [3.05, 3.63) is 0 Å². The van der Waals surface area contributed by atoms with E-state index in [0.29, 0.717) is 5.92 Å². The predicted molar refractivity (Wildman–Crippen MR) is 99.9 cm³/mol. The van der Waals surface area contributed by atoms with Crippen LogP contribution in [0.3, 0.4) is 0 Å². The number of quaternary nitrogens is 1. The van der Waals surface area contributed by atoms with Gasteiger partial charge in [-0.15, -0.1) is 0 Å². The van der Waals surface area contributed by atoms with E-state index in [0.717, 1.165) is 36.3 Å². The summed E-state index contributed by atoms with van der Waals surface area (Å²) in [6, 6.07) is 2.12. The second-order valence-electron chi connectivity index (χ2n) is 7.04. The molecule has 0 heterocycles. The molecule has 134 valence electrons. The third-order valence-electron chi connectivity index (χ3n) is 3.84. The van der Waals surface area contributed by atoms with E-state index in [1.165, 1.54) is 17.9 Å². The van der Waals surface area contributed by atoms with E-state index >= 15 is 0 Å². The Morgan fingerprint density at radius 2 is 1.77 bits per heavy atom. The zero-order valence-corrected chi connectivity index (χ0v) is 17.6. The number of ether oxygens (including phenoxy) is 1. The summed E-state index contributed by atoms with van der Waals surface area (Å²) in [6.45, 7) is 7.23. The van der Waals surface area contributed by atoms with E-state index in [-0.39, 0.29) is 0 Å². The Morgan fingerprint density at radius 1 is 1.14 bits per heavy atom. The van der Waals surface area contributed by atoms with Gasteiger partial charge < -0.3 is 18.1 Å². The summed E-state index contributed by atoms with van der Waals surface area (Å²) in [5.41, 5.74) is 0. The van der Waals surface area contributed by atoms with Crippen molar-refractivity contribution in [2.75, 3.05) is 66.6 Å². The van der Waals surface area contributed by atoms with Gasteiger partial charge in [0, 0.05) is 14.2 Å². The molecule has 0 aliphatic rings. The Labute approximate surface area is 143 Å². The molecule has 1 atom stereocenters. The Balaban J connectivity index is 3.62. The molecule has 6 heteroatoms. The second-order valence-corrected chi connectivity index (χ2v) is 12.0. The van der Waals surface area contributed by atoms with Gasteiger partial charge in [-0.3, -0.25) is 0 Å². The maximum Gasteiger partial charge on any atom is 0.337 e. The lowest BCUT2D eigenvalue weighted by Gasteiger charge is -2.26. The van der Waals surface area contributed by atoms with Gasteiger partial charge in [-0.25, -0.2) is 0 Å². The van der Waals surface area contributed by atoms with Crippen molar-refractivity contribution in [3.63, 3.8) is 0 Å². The van der Waals surface area contributed by atoms with Gasteiger partial charge in [-0.1, -0.05) is 13.8 Å².